The Bertz CT molecular complexity index is 1570. The van der Waals surface area contributed by atoms with Crippen LogP contribution in [0.3, 0.4) is 0 Å². The number of benzene rings is 3. The minimum Gasteiger partial charge on any atom is -0.456 e. The minimum absolute atomic E-state index is 0.0201. The quantitative estimate of drug-likeness (QED) is 0.228. The summed E-state index contributed by atoms with van der Waals surface area (Å²) in [5.74, 6) is 0.635. The summed E-state index contributed by atoms with van der Waals surface area (Å²) < 4.78 is 34.8. The van der Waals surface area contributed by atoms with Crippen molar-refractivity contribution in [3.05, 3.63) is 105 Å². The molecule has 0 spiro atoms. The van der Waals surface area contributed by atoms with Gasteiger partial charge in [0.05, 0.1) is 21.2 Å². The molecule has 2 heterocycles. The number of carbonyl (C=O) groups excluding carboxylic acids is 1. The summed E-state index contributed by atoms with van der Waals surface area (Å²) in [5, 5.41) is 2.87. The zero-order valence-corrected chi connectivity index (χ0v) is 24.6. The normalized spacial score (nSPS) is 14.2. The highest BCUT2D eigenvalue weighted by molar-refractivity contribution is 7.92. The van der Waals surface area contributed by atoms with E-state index in [2.05, 4.69) is 27.1 Å². The monoisotopic (exact) mass is 615 g/mol. The first-order valence-electron chi connectivity index (χ1n) is 12.7. The first-order chi connectivity index (χ1) is 19.3. The molecule has 5 rings (SSSR count). The molecule has 0 radical (unpaired) electrons. The van der Waals surface area contributed by atoms with Gasteiger partial charge in [0, 0.05) is 42.6 Å². The summed E-state index contributed by atoms with van der Waals surface area (Å²) >= 11 is 14.1. The number of nitrogens with one attached hydrogen (secondary N) is 1. The summed E-state index contributed by atoms with van der Waals surface area (Å²) in [6.07, 6.45) is 0.985. The van der Waals surface area contributed by atoms with Gasteiger partial charge in [-0.25, -0.2) is 8.42 Å². The molecule has 1 amide bonds. The number of ether oxygens (including phenoxy) is 1. The molecule has 1 N–H and O–H groups in total. The minimum atomic E-state index is -4.00. The predicted octanol–water partition coefficient (Wildman–Crippen LogP) is 6.65. The lowest BCUT2D eigenvalue weighted by atomic mass is 10.1. The van der Waals surface area contributed by atoms with Crippen molar-refractivity contribution in [2.24, 2.45) is 0 Å². The highest BCUT2D eigenvalue weighted by Crippen LogP contribution is 2.30. The van der Waals surface area contributed by atoms with Crippen molar-refractivity contribution in [1.82, 2.24) is 9.80 Å². The largest absolute Gasteiger partial charge is 0.456 e. The van der Waals surface area contributed by atoms with E-state index in [0.717, 1.165) is 26.1 Å². The van der Waals surface area contributed by atoms with Crippen molar-refractivity contribution in [1.29, 1.82) is 0 Å². The second-order valence-corrected chi connectivity index (χ2v) is 12.8. The fourth-order valence-electron chi connectivity index (χ4n) is 4.40. The van der Waals surface area contributed by atoms with Crippen LogP contribution >= 0.6 is 34.5 Å². The van der Waals surface area contributed by atoms with Gasteiger partial charge in [-0.2, -0.15) is 0 Å². The van der Waals surface area contributed by atoms with Crippen LogP contribution in [-0.2, 0) is 16.4 Å². The fourth-order valence-corrected chi connectivity index (χ4v) is 6.52. The zero-order valence-electron chi connectivity index (χ0n) is 21.4. The Morgan fingerprint density at radius 2 is 1.68 bits per heavy atom. The van der Waals surface area contributed by atoms with Crippen molar-refractivity contribution >= 4 is 56.2 Å². The first kappa shape index (κ1) is 28.4. The Morgan fingerprint density at radius 3 is 2.38 bits per heavy atom. The number of hydrogen-bond acceptors (Lipinski definition) is 6. The zero-order chi connectivity index (χ0) is 28.1. The first-order valence-corrected chi connectivity index (χ1v) is 15.8. The molecule has 1 aliphatic heterocycles. The molecule has 40 heavy (non-hydrogen) atoms. The van der Waals surface area contributed by atoms with Gasteiger partial charge in [0.1, 0.15) is 11.5 Å². The van der Waals surface area contributed by atoms with Gasteiger partial charge in [0.2, 0.25) is 0 Å². The smallest absolute Gasteiger partial charge is 0.261 e. The summed E-state index contributed by atoms with van der Waals surface area (Å²) in [4.78, 5) is 18.9. The summed E-state index contributed by atoms with van der Waals surface area (Å²) in [6, 6.07) is 21.7. The molecule has 1 saturated heterocycles. The molecule has 1 fully saturated rings. The summed E-state index contributed by atoms with van der Waals surface area (Å²) in [6.45, 7) is 3.54. The standard InChI is InChI=1S/C29H27Cl2N3O4S2/c30-21-7-12-27(25(20-21)29(35)34-17-15-33(16-18-34)14-13-23-4-3-19-39-23)32-40(36,37)24-10-8-22(9-11-24)38-28-6-2-1-5-26(28)31/h1-12,19-20,32H,13-18H2. The molecule has 0 atom stereocenters. The Kier molecular flexibility index (Phi) is 8.97. The Hall–Kier alpha value is -3.08. The summed E-state index contributed by atoms with van der Waals surface area (Å²) in [5.41, 5.74) is 0.382. The van der Waals surface area contributed by atoms with Crippen molar-refractivity contribution in [3.8, 4) is 11.5 Å². The maximum absolute atomic E-state index is 13.5. The fraction of sp³-hybridized carbons (Fsp3) is 0.207. The van der Waals surface area contributed by atoms with Crippen LogP contribution in [0.15, 0.2) is 89.1 Å². The lowest BCUT2D eigenvalue weighted by Gasteiger charge is -2.35. The lowest BCUT2D eigenvalue weighted by Crippen LogP contribution is -2.49. The molecule has 0 unspecified atom stereocenters. The van der Waals surface area contributed by atoms with E-state index in [0.29, 0.717) is 34.6 Å². The Balaban J connectivity index is 1.25. The maximum atomic E-state index is 13.5. The van der Waals surface area contributed by atoms with Gasteiger partial charge in [-0.1, -0.05) is 41.4 Å². The van der Waals surface area contributed by atoms with Gasteiger partial charge in [-0.3, -0.25) is 14.4 Å². The van der Waals surface area contributed by atoms with Crippen LogP contribution in [0, 0.1) is 0 Å². The highest BCUT2D eigenvalue weighted by Gasteiger charge is 2.26. The van der Waals surface area contributed by atoms with E-state index < -0.39 is 10.0 Å². The van der Waals surface area contributed by atoms with E-state index in [1.165, 1.54) is 29.1 Å². The SMILES string of the molecule is O=C(c1cc(Cl)ccc1NS(=O)(=O)c1ccc(Oc2ccccc2Cl)cc1)N1CCN(CCc2cccs2)CC1. The van der Waals surface area contributed by atoms with Crippen LogP contribution in [0.4, 0.5) is 5.69 Å². The number of nitrogens with zero attached hydrogens (tertiary/aromatic N) is 2. The third kappa shape index (κ3) is 6.97. The molecule has 0 saturated carbocycles. The van der Waals surface area contributed by atoms with Gasteiger partial charge >= 0.3 is 0 Å². The number of halogens is 2. The van der Waals surface area contributed by atoms with Crippen molar-refractivity contribution in [2.75, 3.05) is 37.4 Å². The van der Waals surface area contributed by atoms with E-state index in [4.69, 9.17) is 27.9 Å². The molecule has 7 nitrogen and oxygen atoms in total. The molecule has 0 bridgehead atoms. The van der Waals surface area contributed by atoms with Crippen LogP contribution in [0.1, 0.15) is 15.2 Å². The Morgan fingerprint density at radius 1 is 0.925 bits per heavy atom. The van der Waals surface area contributed by atoms with Crippen LogP contribution < -0.4 is 9.46 Å². The van der Waals surface area contributed by atoms with E-state index in [9.17, 15) is 13.2 Å². The van der Waals surface area contributed by atoms with E-state index in [-0.39, 0.29) is 22.1 Å². The third-order valence-corrected chi connectivity index (χ3v) is 9.43. The number of carbonyl (C=O) groups is 1. The molecule has 11 heteroatoms. The summed E-state index contributed by atoms with van der Waals surface area (Å²) in [7, 11) is -4.00. The van der Waals surface area contributed by atoms with Crippen molar-refractivity contribution < 1.29 is 17.9 Å². The number of thiophene rings is 1. The van der Waals surface area contributed by atoms with E-state index >= 15 is 0 Å². The van der Waals surface area contributed by atoms with Crippen LogP contribution in [0.5, 0.6) is 11.5 Å². The second kappa shape index (κ2) is 12.6. The van der Waals surface area contributed by atoms with Gasteiger partial charge in [-0.05, 0) is 72.5 Å². The molecule has 208 valence electrons. The van der Waals surface area contributed by atoms with Gasteiger partial charge in [-0.15, -0.1) is 11.3 Å². The number of piperazine rings is 1. The van der Waals surface area contributed by atoms with E-state index in [1.54, 1.807) is 58.7 Å². The average molecular weight is 617 g/mol. The molecule has 1 aliphatic rings. The average Bonchev–Trinajstić information content (AvgIpc) is 3.48. The second-order valence-electron chi connectivity index (χ2n) is 9.26. The number of hydrogen-bond donors (Lipinski definition) is 1. The topological polar surface area (TPSA) is 78.9 Å². The van der Waals surface area contributed by atoms with Crippen LogP contribution in [-0.4, -0.2) is 56.8 Å². The number of anilines is 1. The van der Waals surface area contributed by atoms with Gasteiger partial charge in [0.25, 0.3) is 15.9 Å². The Labute approximate surface area is 248 Å². The number of rotatable bonds is 9. The molecule has 1 aromatic heterocycles. The molecular weight excluding hydrogens is 589 g/mol. The molecule has 0 aliphatic carbocycles. The molecule has 4 aromatic rings. The number of para-hydroxylation sites is 1. The van der Waals surface area contributed by atoms with Crippen LogP contribution in [0.2, 0.25) is 10.0 Å². The lowest BCUT2D eigenvalue weighted by molar-refractivity contribution is 0.0640. The van der Waals surface area contributed by atoms with E-state index in [1.807, 2.05) is 0 Å². The molecular formula is C29H27Cl2N3O4S2. The predicted molar refractivity (Wildman–Crippen MR) is 161 cm³/mol. The van der Waals surface area contributed by atoms with Gasteiger partial charge in [0.15, 0.2) is 0 Å². The van der Waals surface area contributed by atoms with Crippen molar-refractivity contribution in [2.45, 2.75) is 11.3 Å². The number of sulfonamides is 1. The van der Waals surface area contributed by atoms with Gasteiger partial charge < -0.3 is 9.64 Å². The molecule has 3 aromatic carbocycles. The van der Waals surface area contributed by atoms with Crippen molar-refractivity contribution in [3.63, 3.8) is 0 Å². The van der Waals surface area contributed by atoms with Crippen LogP contribution in [0.25, 0.3) is 0 Å². The highest BCUT2D eigenvalue weighted by atomic mass is 35.5. The number of amides is 1. The third-order valence-electron chi connectivity index (χ3n) is 6.57. The maximum Gasteiger partial charge on any atom is 0.261 e.